The van der Waals surface area contributed by atoms with Gasteiger partial charge in [0, 0.05) is 6.54 Å². The summed E-state index contributed by atoms with van der Waals surface area (Å²) in [4.78, 5) is 18.0. The fourth-order valence-electron chi connectivity index (χ4n) is 1.81. The summed E-state index contributed by atoms with van der Waals surface area (Å²) in [5.74, 6) is 0.338. The summed E-state index contributed by atoms with van der Waals surface area (Å²) >= 11 is 0. The van der Waals surface area contributed by atoms with Gasteiger partial charge in [0.15, 0.2) is 0 Å². The minimum Gasteiger partial charge on any atom is -0.502 e. The molecule has 0 aliphatic carbocycles. The van der Waals surface area contributed by atoms with E-state index in [4.69, 9.17) is 0 Å². The summed E-state index contributed by atoms with van der Waals surface area (Å²) in [6.45, 7) is 4.33. The molecule has 19 heavy (non-hydrogen) atoms. The van der Waals surface area contributed by atoms with Gasteiger partial charge in [-0.2, -0.15) is 0 Å². The van der Waals surface area contributed by atoms with Crippen molar-refractivity contribution in [2.24, 2.45) is 0 Å². The lowest BCUT2D eigenvalue weighted by atomic mass is 10.0. The Morgan fingerprint density at radius 2 is 2.05 bits per heavy atom. The highest BCUT2D eigenvalue weighted by molar-refractivity contribution is 5.32. The number of hydrogen-bond acceptors (Lipinski definition) is 4. The quantitative estimate of drug-likeness (QED) is 0.784. The number of H-pyrrole nitrogens is 1. The van der Waals surface area contributed by atoms with E-state index < -0.39 is 5.56 Å². The molecule has 2 aromatic rings. The van der Waals surface area contributed by atoms with Gasteiger partial charge in [0.25, 0.3) is 5.56 Å². The molecule has 0 saturated heterocycles. The fourth-order valence-corrected chi connectivity index (χ4v) is 1.81. The lowest BCUT2D eigenvalue weighted by Crippen LogP contribution is -2.17. The zero-order valence-electron chi connectivity index (χ0n) is 11.0. The van der Waals surface area contributed by atoms with Crippen molar-refractivity contribution < 1.29 is 5.11 Å². The molecule has 0 saturated carbocycles. The monoisotopic (exact) mass is 259 g/mol. The molecule has 5 heteroatoms. The Labute approximate surface area is 111 Å². The number of nitrogens with zero attached hydrogens (tertiary/aromatic N) is 1. The van der Waals surface area contributed by atoms with Gasteiger partial charge in [-0.1, -0.05) is 37.3 Å². The van der Waals surface area contributed by atoms with Crippen molar-refractivity contribution >= 4 is 5.95 Å². The van der Waals surface area contributed by atoms with E-state index >= 15 is 0 Å². The van der Waals surface area contributed by atoms with Crippen LogP contribution in [0.1, 0.15) is 24.1 Å². The van der Waals surface area contributed by atoms with E-state index in [9.17, 15) is 9.90 Å². The van der Waals surface area contributed by atoms with E-state index in [1.54, 1.807) is 6.92 Å². The first-order valence-corrected chi connectivity index (χ1v) is 6.16. The topological polar surface area (TPSA) is 78.0 Å². The SMILES string of the molecule is Cc1nc(NCC(C)c2ccccc2)[nH]c(=O)c1O. The summed E-state index contributed by atoms with van der Waals surface area (Å²) in [6.07, 6.45) is 0. The molecule has 1 aromatic heterocycles. The van der Waals surface area contributed by atoms with Gasteiger partial charge in [-0.25, -0.2) is 4.98 Å². The average molecular weight is 259 g/mol. The molecule has 5 nitrogen and oxygen atoms in total. The van der Waals surface area contributed by atoms with Crippen molar-refractivity contribution in [2.45, 2.75) is 19.8 Å². The third-order valence-corrected chi connectivity index (χ3v) is 3.01. The molecule has 2 rings (SSSR count). The Morgan fingerprint density at radius 1 is 1.37 bits per heavy atom. The van der Waals surface area contributed by atoms with Crippen molar-refractivity contribution in [3.63, 3.8) is 0 Å². The Kier molecular flexibility index (Phi) is 3.85. The summed E-state index contributed by atoms with van der Waals surface area (Å²) in [6, 6.07) is 10.1. The van der Waals surface area contributed by atoms with Gasteiger partial charge < -0.3 is 10.4 Å². The molecule has 0 bridgehead atoms. The van der Waals surface area contributed by atoms with Crippen molar-refractivity contribution in [2.75, 3.05) is 11.9 Å². The average Bonchev–Trinajstić information content (AvgIpc) is 2.43. The molecule has 100 valence electrons. The third kappa shape index (κ3) is 3.13. The van der Waals surface area contributed by atoms with Gasteiger partial charge in [-0.05, 0) is 18.4 Å². The van der Waals surface area contributed by atoms with E-state index in [-0.39, 0.29) is 5.75 Å². The number of nitrogens with one attached hydrogen (secondary N) is 2. The van der Waals surface area contributed by atoms with Gasteiger partial charge in [0.1, 0.15) is 0 Å². The van der Waals surface area contributed by atoms with Crippen LogP contribution in [0.5, 0.6) is 5.75 Å². The molecule has 1 atom stereocenters. The molecule has 1 heterocycles. The molecule has 1 unspecified atom stereocenters. The van der Waals surface area contributed by atoms with Crippen LogP contribution in [-0.2, 0) is 0 Å². The molecular formula is C14H17N3O2. The zero-order valence-corrected chi connectivity index (χ0v) is 11.0. The number of aromatic hydroxyl groups is 1. The maximum absolute atomic E-state index is 11.4. The van der Waals surface area contributed by atoms with Crippen LogP contribution in [0.15, 0.2) is 35.1 Å². The largest absolute Gasteiger partial charge is 0.502 e. The molecule has 3 N–H and O–H groups in total. The predicted octanol–water partition coefficient (Wildman–Crippen LogP) is 2.00. The lowest BCUT2D eigenvalue weighted by Gasteiger charge is -2.13. The number of benzene rings is 1. The summed E-state index contributed by atoms with van der Waals surface area (Å²) in [7, 11) is 0. The Morgan fingerprint density at radius 3 is 2.68 bits per heavy atom. The van der Waals surface area contributed by atoms with E-state index in [1.807, 2.05) is 18.2 Å². The van der Waals surface area contributed by atoms with E-state index in [0.717, 1.165) is 0 Å². The van der Waals surface area contributed by atoms with Crippen molar-refractivity contribution in [3.8, 4) is 5.75 Å². The predicted molar refractivity (Wildman–Crippen MR) is 74.6 cm³/mol. The molecule has 0 fully saturated rings. The number of rotatable bonds is 4. The highest BCUT2D eigenvalue weighted by Gasteiger charge is 2.08. The molecule has 1 aromatic carbocycles. The molecular weight excluding hydrogens is 242 g/mol. The van der Waals surface area contributed by atoms with E-state index in [2.05, 4.69) is 34.3 Å². The van der Waals surface area contributed by atoms with Crippen LogP contribution >= 0.6 is 0 Å². The lowest BCUT2D eigenvalue weighted by molar-refractivity contribution is 0.458. The smallest absolute Gasteiger partial charge is 0.294 e. The maximum Gasteiger partial charge on any atom is 0.294 e. The van der Waals surface area contributed by atoms with E-state index in [1.165, 1.54) is 5.56 Å². The van der Waals surface area contributed by atoms with Crippen molar-refractivity contribution in [1.82, 2.24) is 9.97 Å². The first-order valence-electron chi connectivity index (χ1n) is 6.16. The zero-order chi connectivity index (χ0) is 13.8. The molecule has 0 aliphatic heterocycles. The Balaban J connectivity index is 2.05. The van der Waals surface area contributed by atoms with Crippen LogP contribution in [-0.4, -0.2) is 21.6 Å². The van der Waals surface area contributed by atoms with Gasteiger partial charge >= 0.3 is 0 Å². The second kappa shape index (κ2) is 5.56. The summed E-state index contributed by atoms with van der Waals surface area (Å²) < 4.78 is 0. The number of aromatic amines is 1. The van der Waals surface area contributed by atoms with Crippen LogP contribution < -0.4 is 10.9 Å². The fraction of sp³-hybridized carbons (Fsp3) is 0.286. The Bertz CT molecular complexity index is 608. The minimum atomic E-state index is -0.526. The molecule has 0 amide bonds. The standard InChI is InChI=1S/C14H17N3O2/c1-9(11-6-4-3-5-7-11)8-15-14-16-10(2)12(18)13(19)17-14/h3-7,9,18H,8H2,1-2H3,(H2,15,16,17,19). The van der Waals surface area contributed by atoms with Crippen LogP contribution in [0.3, 0.4) is 0 Å². The molecule has 0 aliphatic rings. The van der Waals surface area contributed by atoms with Gasteiger partial charge in [0.05, 0.1) is 5.69 Å². The summed E-state index contributed by atoms with van der Waals surface area (Å²) in [5, 5.41) is 12.4. The second-order valence-electron chi connectivity index (χ2n) is 4.54. The minimum absolute atomic E-state index is 0.292. The molecule has 0 radical (unpaired) electrons. The number of anilines is 1. The van der Waals surface area contributed by atoms with Crippen molar-refractivity contribution in [3.05, 3.63) is 51.9 Å². The van der Waals surface area contributed by atoms with Crippen molar-refractivity contribution in [1.29, 1.82) is 0 Å². The third-order valence-electron chi connectivity index (χ3n) is 3.01. The normalized spacial score (nSPS) is 12.1. The highest BCUT2D eigenvalue weighted by Crippen LogP contribution is 2.15. The highest BCUT2D eigenvalue weighted by atomic mass is 16.3. The first kappa shape index (κ1) is 13.1. The second-order valence-corrected chi connectivity index (χ2v) is 4.54. The maximum atomic E-state index is 11.4. The van der Waals surface area contributed by atoms with Gasteiger partial charge in [-0.15, -0.1) is 0 Å². The van der Waals surface area contributed by atoms with Gasteiger partial charge in [0.2, 0.25) is 11.7 Å². The first-order chi connectivity index (χ1) is 9.08. The number of hydrogen-bond donors (Lipinski definition) is 3. The summed E-state index contributed by atoms with van der Waals surface area (Å²) in [5.41, 5.74) is 1.01. The Hall–Kier alpha value is -2.30. The van der Waals surface area contributed by atoms with Crippen LogP contribution in [0.2, 0.25) is 0 Å². The number of aryl methyl sites for hydroxylation is 1. The van der Waals surface area contributed by atoms with Crippen LogP contribution in [0, 0.1) is 6.92 Å². The van der Waals surface area contributed by atoms with Crippen LogP contribution in [0.4, 0.5) is 5.95 Å². The van der Waals surface area contributed by atoms with Gasteiger partial charge in [-0.3, -0.25) is 9.78 Å². The van der Waals surface area contributed by atoms with E-state index in [0.29, 0.717) is 24.1 Å². The van der Waals surface area contributed by atoms with Crippen LogP contribution in [0.25, 0.3) is 0 Å². The molecule has 0 spiro atoms. The number of aromatic nitrogens is 2.